The van der Waals surface area contributed by atoms with Gasteiger partial charge in [0.15, 0.2) is 6.29 Å². The van der Waals surface area contributed by atoms with Gasteiger partial charge >= 0.3 is 0 Å². The fourth-order valence-corrected chi connectivity index (χ4v) is 4.95. The Labute approximate surface area is 148 Å². The number of aldehydes is 1. The van der Waals surface area contributed by atoms with Crippen molar-refractivity contribution in [1.82, 2.24) is 5.32 Å². The summed E-state index contributed by atoms with van der Waals surface area (Å²) in [5.41, 5.74) is 2.61. The van der Waals surface area contributed by atoms with Gasteiger partial charge in [0.05, 0.1) is 15.4 Å². The van der Waals surface area contributed by atoms with E-state index in [2.05, 4.69) is 10.2 Å². The summed E-state index contributed by atoms with van der Waals surface area (Å²) < 4.78 is 26.4. The van der Waals surface area contributed by atoms with Crippen molar-refractivity contribution in [3.63, 3.8) is 0 Å². The molecule has 1 aliphatic rings. The van der Waals surface area contributed by atoms with Gasteiger partial charge in [0, 0.05) is 31.9 Å². The molecule has 2 aromatic carbocycles. The van der Waals surface area contributed by atoms with Crippen LogP contribution >= 0.6 is 0 Å². The maximum atomic E-state index is 13.2. The minimum Gasteiger partial charge on any atom is -0.368 e. The van der Waals surface area contributed by atoms with Gasteiger partial charge in [0.1, 0.15) is 0 Å². The molecule has 25 heavy (non-hydrogen) atoms. The third-order valence-corrected chi connectivity index (χ3v) is 6.50. The predicted molar refractivity (Wildman–Crippen MR) is 98.3 cm³/mol. The fourth-order valence-electron chi connectivity index (χ4n) is 3.29. The van der Waals surface area contributed by atoms with E-state index in [-0.39, 0.29) is 15.4 Å². The molecule has 0 aliphatic carbocycles. The normalized spacial score (nSPS) is 15.2. The van der Waals surface area contributed by atoms with Crippen molar-refractivity contribution in [2.24, 2.45) is 0 Å². The molecule has 0 unspecified atom stereocenters. The Morgan fingerprint density at radius 1 is 1.04 bits per heavy atom. The molecule has 2 aromatic rings. The molecule has 1 aliphatic heterocycles. The molecule has 1 N–H and O–H groups in total. The smallest absolute Gasteiger partial charge is 0.207 e. The molecule has 0 radical (unpaired) electrons. The number of carbonyl (C=O) groups excluding carboxylic acids is 1. The zero-order valence-electron chi connectivity index (χ0n) is 14.5. The van der Waals surface area contributed by atoms with Crippen LogP contribution in [0.4, 0.5) is 5.69 Å². The minimum atomic E-state index is -3.76. The minimum absolute atomic E-state index is 0.0745. The number of benzene rings is 2. The lowest BCUT2D eigenvalue weighted by atomic mass is 10.1. The molecule has 6 heteroatoms. The Morgan fingerprint density at radius 2 is 1.76 bits per heavy atom. The molecule has 0 bridgehead atoms. The lowest BCUT2D eigenvalue weighted by molar-refractivity contribution is 0.112. The molecule has 0 saturated carbocycles. The van der Waals surface area contributed by atoms with Gasteiger partial charge in [0.25, 0.3) is 0 Å². The Hall–Kier alpha value is -2.18. The first-order chi connectivity index (χ1) is 11.9. The van der Waals surface area contributed by atoms with E-state index in [0.29, 0.717) is 17.5 Å². The highest BCUT2D eigenvalue weighted by molar-refractivity contribution is 7.91. The fraction of sp³-hybridized carbons (Fsp3) is 0.316. The van der Waals surface area contributed by atoms with Crippen LogP contribution in [0.3, 0.4) is 0 Å². The van der Waals surface area contributed by atoms with Crippen LogP contribution in [0, 0.1) is 13.8 Å². The highest BCUT2D eigenvalue weighted by Crippen LogP contribution is 2.31. The monoisotopic (exact) mass is 358 g/mol. The van der Waals surface area contributed by atoms with Gasteiger partial charge in [-0.25, -0.2) is 8.42 Å². The highest BCUT2D eigenvalue weighted by Gasteiger charge is 2.26. The van der Waals surface area contributed by atoms with E-state index in [1.807, 2.05) is 19.1 Å². The summed E-state index contributed by atoms with van der Waals surface area (Å²) in [5, 5.41) is 3.26. The average molecular weight is 358 g/mol. The molecule has 1 saturated heterocycles. The van der Waals surface area contributed by atoms with Crippen molar-refractivity contribution in [2.45, 2.75) is 23.6 Å². The predicted octanol–water partition coefficient (Wildman–Crippen LogP) is 2.36. The summed E-state index contributed by atoms with van der Waals surface area (Å²) in [6.45, 7) is 6.81. The van der Waals surface area contributed by atoms with Gasteiger partial charge in [-0.3, -0.25) is 4.79 Å². The second-order valence-corrected chi connectivity index (χ2v) is 8.20. The molecular weight excluding hydrogens is 336 g/mol. The van der Waals surface area contributed by atoms with Crippen LogP contribution in [0.5, 0.6) is 0 Å². The van der Waals surface area contributed by atoms with Crippen molar-refractivity contribution >= 4 is 21.8 Å². The van der Waals surface area contributed by atoms with E-state index in [0.717, 1.165) is 31.7 Å². The summed E-state index contributed by atoms with van der Waals surface area (Å²) >= 11 is 0. The standard InChI is InChI=1S/C19H22N2O3S/c1-14-6-7-18(15(2)12-14)25(23,24)19-5-3-4-17(16(19)13-22)21-10-8-20-9-11-21/h3-7,12-13,20H,8-11H2,1-2H3. The van der Waals surface area contributed by atoms with Crippen molar-refractivity contribution in [1.29, 1.82) is 0 Å². The van der Waals surface area contributed by atoms with Crippen LogP contribution in [0.2, 0.25) is 0 Å². The molecule has 3 rings (SSSR count). The molecule has 5 nitrogen and oxygen atoms in total. The summed E-state index contributed by atoms with van der Waals surface area (Å²) in [6, 6.07) is 10.3. The number of piperazine rings is 1. The topological polar surface area (TPSA) is 66.5 Å². The van der Waals surface area contributed by atoms with Crippen LogP contribution < -0.4 is 10.2 Å². The second kappa shape index (κ2) is 6.98. The van der Waals surface area contributed by atoms with Crippen molar-refractivity contribution < 1.29 is 13.2 Å². The number of nitrogens with zero attached hydrogens (tertiary/aromatic N) is 1. The van der Waals surface area contributed by atoms with Crippen molar-refractivity contribution in [2.75, 3.05) is 31.1 Å². The zero-order chi connectivity index (χ0) is 18.0. The van der Waals surface area contributed by atoms with Crippen molar-refractivity contribution in [3.05, 3.63) is 53.1 Å². The van der Waals surface area contributed by atoms with E-state index in [1.54, 1.807) is 25.1 Å². The van der Waals surface area contributed by atoms with Gasteiger partial charge < -0.3 is 10.2 Å². The number of anilines is 1. The first-order valence-corrected chi connectivity index (χ1v) is 9.79. The Morgan fingerprint density at radius 3 is 2.40 bits per heavy atom. The molecule has 0 atom stereocenters. The Bertz CT molecular complexity index is 901. The Kier molecular flexibility index (Phi) is 4.92. The van der Waals surface area contributed by atoms with Crippen LogP contribution in [-0.2, 0) is 9.84 Å². The quantitative estimate of drug-likeness (QED) is 0.850. The number of aryl methyl sites for hydroxylation is 2. The molecule has 0 aromatic heterocycles. The maximum Gasteiger partial charge on any atom is 0.207 e. The maximum absolute atomic E-state index is 13.2. The summed E-state index contributed by atoms with van der Waals surface area (Å²) in [7, 11) is -3.76. The number of hydrogen-bond donors (Lipinski definition) is 1. The van der Waals surface area contributed by atoms with E-state index in [4.69, 9.17) is 0 Å². The van der Waals surface area contributed by atoms with Crippen LogP contribution in [-0.4, -0.2) is 40.9 Å². The lowest BCUT2D eigenvalue weighted by Crippen LogP contribution is -2.44. The largest absolute Gasteiger partial charge is 0.368 e. The molecule has 132 valence electrons. The molecule has 0 amide bonds. The number of rotatable bonds is 4. The first kappa shape index (κ1) is 17.6. The van der Waals surface area contributed by atoms with Gasteiger partial charge in [-0.15, -0.1) is 0 Å². The van der Waals surface area contributed by atoms with Crippen LogP contribution in [0.1, 0.15) is 21.5 Å². The van der Waals surface area contributed by atoms with E-state index in [1.165, 1.54) is 6.07 Å². The third kappa shape index (κ3) is 3.32. The second-order valence-electron chi connectivity index (χ2n) is 6.32. The van der Waals surface area contributed by atoms with Crippen LogP contribution in [0.15, 0.2) is 46.2 Å². The molecule has 1 fully saturated rings. The van der Waals surface area contributed by atoms with Crippen LogP contribution in [0.25, 0.3) is 0 Å². The number of nitrogens with one attached hydrogen (secondary N) is 1. The highest BCUT2D eigenvalue weighted by atomic mass is 32.2. The van der Waals surface area contributed by atoms with Gasteiger partial charge in [0.2, 0.25) is 9.84 Å². The summed E-state index contributed by atoms with van der Waals surface area (Å²) in [4.78, 5) is 14.2. The van der Waals surface area contributed by atoms with E-state index < -0.39 is 9.84 Å². The van der Waals surface area contributed by atoms with Gasteiger partial charge in [-0.2, -0.15) is 0 Å². The zero-order valence-corrected chi connectivity index (χ0v) is 15.3. The summed E-state index contributed by atoms with van der Waals surface area (Å²) in [5.74, 6) is 0. The number of sulfone groups is 1. The van der Waals surface area contributed by atoms with E-state index in [9.17, 15) is 13.2 Å². The lowest BCUT2D eigenvalue weighted by Gasteiger charge is -2.30. The Balaban J connectivity index is 2.14. The van der Waals surface area contributed by atoms with E-state index >= 15 is 0 Å². The van der Waals surface area contributed by atoms with Gasteiger partial charge in [-0.1, -0.05) is 23.8 Å². The average Bonchev–Trinajstić information content (AvgIpc) is 2.61. The first-order valence-electron chi connectivity index (χ1n) is 8.31. The SMILES string of the molecule is Cc1ccc(S(=O)(=O)c2cccc(N3CCNCC3)c2C=O)c(C)c1. The molecule has 1 heterocycles. The van der Waals surface area contributed by atoms with Crippen molar-refractivity contribution in [3.8, 4) is 0 Å². The number of carbonyl (C=O) groups is 1. The molecule has 0 spiro atoms. The van der Waals surface area contributed by atoms with Gasteiger partial charge in [-0.05, 0) is 37.6 Å². The summed E-state index contributed by atoms with van der Waals surface area (Å²) in [6.07, 6.45) is 0.660. The molecular formula is C19H22N2O3S. The third-order valence-electron chi connectivity index (χ3n) is 4.53. The number of hydrogen-bond acceptors (Lipinski definition) is 5.